The zero-order valence-electron chi connectivity index (χ0n) is 19.9. The van der Waals surface area contributed by atoms with Gasteiger partial charge in [-0.25, -0.2) is 0 Å². The third kappa shape index (κ3) is 5.29. The molecule has 2 aliphatic heterocycles. The van der Waals surface area contributed by atoms with Crippen LogP contribution in [0.25, 0.3) is 0 Å². The number of nitrogens with zero attached hydrogens (tertiary/aromatic N) is 1. The highest BCUT2D eigenvalue weighted by molar-refractivity contribution is 5.96. The molecule has 0 radical (unpaired) electrons. The number of rotatable bonds is 8. The maximum Gasteiger partial charge on any atom is 0.406 e. The summed E-state index contributed by atoms with van der Waals surface area (Å²) in [7, 11) is 1.32. The van der Waals surface area contributed by atoms with Crippen molar-refractivity contribution in [2.45, 2.75) is 49.3 Å². The van der Waals surface area contributed by atoms with E-state index in [0.717, 1.165) is 6.08 Å². The number of methoxy groups -OCH3 is 1. The van der Waals surface area contributed by atoms with Gasteiger partial charge < -0.3 is 34.6 Å². The van der Waals surface area contributed by atoms with E-state index in [9.17, 15) is 32.7 Å². The van der Waals surface area contributed by atoms with Crippen molar-refractivity contribution in [3.8, 4) is 11.5 Å². The van der Waals surface area contributed by atoms with Gasteiger partial charge in [-0.05, 0) is 31.1 Å². The number of halogens is 3. The molecule has 1 aromatic rings. The second-order valence-electron chi connectivity index (χ2n) is 8.99. The lowest BCUT2D eigenvalue weighted by molar-refractivity contribution is -0.175. The van der Waals surface area contributed by atoms with Crippen molar-refractivity contribution in [1.29, 1.82) is 0 Å². The third-order valence-corrected chi connectivity index (χ3v) is 6.61. The van der Waals surface area contributed by atoms with Crippen LogP contribution >= 0.6 is 0 Å². The fourth-order valence-corrected chi connectivity index (χ4v) is 5.04. The van der Waals surface area contributed by atoms with Gasteiger partial charge >= 0.3 is 6.18 Å². The predicted molar refractivity (Wildman–Crippen MR) is 120 cm³/mol. The van der Waals surface area contributed by atoms with Crippen LogP contribution in [0.4, 0.5) is 13.2 Å². The molecule has 202 valence electrons. The number of hydrogen-bond donors (Lipinski definition) is 3. The number of hydrogen-bond acceptors (Lipinski definition) is 8. The van der Waals surface area contributed by atoms with E-state index in [2.05, 4.69) is 5.32 Å². The van der Waals surface area contributed by atoms with Crippen LogP contribution in [0.15, 0.2) is 23.8 Å². The van der Waals surface area contributed by atoms with Gasteiger partial charge in [0.25, 0.3) is 5.91 Å². The van der Waals surface area contributed by atoms with Crippen LogP contribution in [0.3, 0.4) is 0 Å². The Hall–Kier alpha value is -3.16. The molecule has 13 heteroatoms. The molecule has 0 aromatic heterocycles. The van der Waals surface area contributed by atoms with Gasteiger partial charge in [0.15, 0.2) is 11.5 Å². The number of benzene rings is 1. The molecular weight excluding hydrogens is 501 g/mol. The molecule has 5 unspecified atom stereocenters. The summed E-state index contributed by atoms with van der Waals surface area (Å²) in [6.07, 6.45) is -6.47. The topological polar surface area (TPSA) is 135 Å². The predicted octanol–water partition coefficient (Wildman–Crippen LogP) is 0.700. The highest BCUT2D eigenvalue weighted by Crippen LogP contribution is 2.51. The zero-order valence-corrected chi connectivity index (χ0v) is 19.9. The van der Waals surface area contributed by atoms with E-state index in [0.29, 0.717) is 23.2 Å². The summed E-state index contributed by atoms with van der Waals surface area (Å²) in [5.41, 5.74) is 0.436. The van der Waals surface area contributed by atoms with Crippen molar-refractivity contribution in [2.24, 2.45) is 0 Å². The lowest BCUT2D eigenvalue weighted by Gasteiger charge is -2.41. The summed E-state index contributed by atoms with van der Waals surface area (Å²) in [5, 5.41) is 22.9. The average molecular weight is 528 g/mol. The van der Waals surface area contributed by atoms with E-state index in [1.165, 1.54) is 19.2 Å². The van der Waals surface area contributed by atoms with Crippen molar-refractivity contribution in [1.82, 2.24) is 10.2 Å². The smallest absolute Gasteiger partial charge is 0.406 e. The Kier molecular flexibility index (Phi) is 7.76. The Balaban J connectivity index is 1.82. The molecule has 0 saturated carbocycles. The Morgan fingerprint density at radius 2 is 2.08 bits per heavy atom. The Labute approximate surface area is 210 Å². The molecule has 0 spiro atoms. The average Bonchev–Trinajstić information content (AvgIpc) is 3.53. The highest BCUT2D eigenvalue weighted by atomic mass is 19.4. The van der Waals surface area contributed by atoms with Crippen LogP contribution in [-0.2, 0) is 14.3 Å². The van der Waals surface area contributed by atoms with Crippen LogP contribution in [-0.4, -0.2) is 97.2 Å². The van der Waals surface area contributed by atoms with E-state index in [-0.39, 0.29) is 42.2 Å². The van der Waals surface area contributed by atoms with Gasteiger partial charge in [0.1, 0.15) is 31.1 Å². The standard InChI is InChI=1S/C24H27F3N2O8/c1-35-17-8-12(10-31)7-13-18-14(22(33)28-4-5-30)9-15(19(32)21(18)37-20(13)17)29(11-24(25,26)27)23(34)16-3-2-6-36-16/h7-10,15-16,18-19,21,30,32H,2-6,11H2,1H3,(H,28,33). The lowest BCUT2D eigenvalue weighted by atomic mass is 9.77. The van der Waals surface area contributed by atoms with E-state index in [4.69, 9.17) is 19.3 Å². The maximum atomic E-state index is 13.6. The summed E-state index contributed by atoms with van der Waals surface area (Å²) in [6, 6.07) is 1.25. The van der Waals surface area contributed by atoms with E-state index >= 15 is 0 Å². The molecule has 1 aliphatic carbocycles. The third-order valence-electron chi connectivity index (χ3n) is 6.61. The van der Waals surface area contributed by atoms with Gasteiger partial charge in [0.2, 0.25) is 5.91 Å². The summed E-state index contributed by atoms with van der Waals surface area (Å²) in [5.74, 6) is -2.42. The number of carbonyl (C=O) groups excluding carboxylic acids is 3. The molecular formula is C24H27F3N2O8. The number of aliphatic hydroxyl groups excluding tert-OH is 2. The van der Waals surface area contributed by atoms with Crippen LogP contribution < -0.4 is 14.8 Å². The molecule has 1 fully saturated rings. The monoisotopic (exact) mass is 528 g/mol. The molecule has 4 rings (SSSR count). The van der Waals surface area contributed by atoms with Crippen molar-refractivity contribution >= 4 is 18.1 Å². The van der Waals surface area contributed by atoms with Crippen LogP contribution in [0.5, 0.6) is 11.5 Å². The molecule has 1 aromatic carbocycles. The molecule has 2 amide bonds. The van der Waals surface area contributed by atoms with Gasteiger partial charge in [-0.2, -0.15) is 13.2 Å². The lowest BCUT2D eigenvalue weighted by Crippen LogP contribution is -2.59. The first-order valence-corrected chi connectivity index (χ1v) is 11.7. The van der Waals surface area contributed by atoms with Crippen LogP contribution in [0, 0.1) is 0 Å². The van der Waals surface area contributed by atoms with Gasteiger partial charge in [-0.3, -0.25) is 14.4 Å². The Morgan fingerprint density at radius 3 is 2.68 bits per heavy atom. The fourth-order valence-electron chi connectivity index (χ4n) is 5.04. The summed E-state index contributed by atoms with van der Waals surface area (Å²) >= 11 is 0. The Bertz CT molecular complexity index is 1090. The van der Waals surface area contributed by atoms with E-state index < -0.39 is 61.4 Å². The molecule has 2 heterocycles. The Morgan fingerprint density at radius 1 is 1.32 bits per heavy atom. The molecule has 0 bridgehead atoms. The summed E-state index contributed by atoms with van der Waals surface area (Å²) in [6.45, 7) is -2.01. The zero-order chi connectivity index (χ0) is 26.9. The fraction of sp³-hybridized carbons (Fsp3) is 0.542. The minimum Gasteiger partial charge on any atom is -0.493 e. The first kappa shape index (κ1) is 26.9. The summed E-state index contributed by atoms with van der Waals surface area (Å²) in [4.78, 5) is 38.2. The molecule has 37 heavy (non-hydrogen) atoms. The van der Waals surface area contributed by atoms with Gasteiger partial charge in [0, 0.05) is 29.9 Å². The second kappa shape index (κ2) is 10.7. The molecule has 1 saturated heterocycles. The molecule has 3 N–H and O–H groups in total. The molecule has 3 aliphatic rings. The molecule has 5 atom stereocenters. The minimum atomic E-state index is -4.81. The summed E-state index contributed by atoms with van der Waals surface area (Å²) < 4.78 is 57.3. The number of ether oxygens (including phenoxy) is 3. The maximum absolute atomic E-state index is 13.6. The van der Waals surface area contributed by atoms with Crippen LogP contribution in [0.2, 0.25) is 0 Å². The number of aldehydes is 1. The van der Waals surface area contributed by atoms with Crippen molar-refractivity contribution in [3.63, 3.8) is 0 Å². The van der Waals surface area contributed by atoms with Crippen LogP contribution in [0.1, 0.15) is 34.7 Å². The number of aliphatic hydroxyl groups is 2. The van der Waals surface area contributed by atoms with Gasteiger partial charge in [0.05, 0.1) is 25.7 Å². The molecule has 10 nitrogen and oxygen atoms in total. The number of amides is 2. The number of carbonyl (C=O) groups is 3. The first-order valence-electron chi connectivity index (χ1n) is 11.7. The number of alkyl halides is 3. The van der Waals surface area contributed by atoms with Gasteiger partial charge in [-0.15, -0.1) is 0 Å². The minimum absolute atomic E-state index is 0.0788. The van der Waals surface area contributed by atoms with E-state index in [1.54, 1.807) is 0 Å². The SMILES string of the molecule is COc1cc(C=O)cc2c1OC1C2C(C(=O)NCCO)=CC(N(CC(F)(F)F)C(=O)C2CCCO2)C1O. The number of fused-ring (bicyclic) bond motifs is 3. The normalized spacial score (nSPS) is 26.4. The van der Waals surface area contributed by atoms with Crippen molar-refractivity contribution in [3.05, 3.63) is 34.9 Å². The van der Waals surface area contributed by atoms with Crippen molar-refractivity contribution in [2.75, 3.05) is 33.4 Å². The number of nitrogens with one attached hydrogen (secondary N) is 1. The second-order valence-corrected chi connectivity index (χ2v) is 8.99. The highest BCUT2D eigenvalue weighted by Gasteiger charge is 2.53. The quantitative estimate of drug-likeness (QED) is 0.420. The first-order chi connectivity index (χ1) is 17.6. The van der Waals surface area contributed by atoms with E-state index in [1.807, 2.05) is 0 Å². The largest absolute Gasteiger partial charge is 0.493 e. The van der Waals surface area contributed by atoms with Gasteiger partial charge in [-0.1, -0.05) is 0 Å². The van der Waals surface area contributed by atoms with Crippen molar-refractivity contribution < 1.29 is 52.0 Å².